The molecule has 0 spiro atoms. The van der Waals surface area contributed by atoms with Gasteiger partial charge in [-0.05, 0) is 41.4 Å². The van der Waals surface area contributed by atoms with Gasteiger partial charge < -0.3 is 9.52 Å². The third-order valence-corrected chi connectivity index (χ3v) is 5.24. The van der Waals surface area contributed by atoms with Gasteiger partial charge in [-0.1, -0.05) is 35.4 Å². The van der Waals surface area contributed by atoms with E-state index in [1.165, 1.54) is 6.07 Å². The minimum absolute atomic E-state index is 0. The van der Waals surface area contributed by atoms with Crippen LogP contribution >= 0.6 is 27.5 Å². The zero-order chi connectivity index (χ0) is 16.5. The van der Waals surface area contributed by atoms with Crippen molar-refractivity contribution in [3.05, 3.63) is 61.5 Å². The summed E-state index contributed by atoms with van der Waals surface area (Å²) in [7, 11) is -4.15. The molecule has 5 nitrogen and oxygen atoms in total. The fraction of sp³-hybridized carbons (Fsp3) is 0.143. The first-order valence-corrected chi connectivity index (χ1v) is 8.72. The van der Waals surface area contributed by atoms with Gasteiger partial charge in [-0.2, -0.15) is 0 Å². The molecule has 0 unspecified atom stereocenters. The summed E-state index contributed by atoms with van der Waals surface area (Å²) in [6.45, 7) is 3.61. The monoisotopic (exact) mass is 424 g/mol. The number of amides is 1. The quantitative estimate of drug-likeness (QED) is 0.543. The molecule has 0 atom stereocenters. The number of carbonyl (C=O) groups is 1. The first-order valence-electron chi connectivity index (χ1n) is 6.11. The minimum Gasteiger partial charge on any atom is -0.537 e. The normalized spacial score (nSPS) is 10.8. The Hall–Kier alpha value is -0.440. The number of nitrogens with zero attached hydrogens (tertiary/aromatic N) is 2. The maximum absolute atomic E-state index is 12.2. The van der Waals surface area contributed by atoms with Gasteiger partial charge in [0.05, 0.1) is 15.3 Å². The summed E-state index contributed by atoms with van der Waals surface area (Å²) in [5.41, 5.74) is 1.89. The van der Waals surface area contributed by atoms with Crippen LogP contribution in [0.2, 0.25) is 5.15 Å². The third-order valence-electron chi connectivity index (χ3n) is 2.88. The van der Waals surface area contributed by atoms with Gasteiger partial charge >= 0.3 is 29.6 Å². The van der Waals surface area contributed by atoms with E-state index in [1.54, 1.807) is 25.1 Å². The molecule has 0 N–H and O–H groups in total. The van der Waals surface area contributed by atoms with Crippen molar-refractivity contribution >= 4 is 43.5 Å². The van der Waals surface area contributed by atoms with Crippen LogP contribution in [0.4, 0.5) is 0 Å². The Morgan fingerprint density at radius 2 is 1.91 bits per heavy atom. The van der Waals surface area contributed by atoms with Crippen LogP contribution in [0, 0.1) is 13.8 Å². The van der Waals surface area contributed by atoms with Crippen molar-refractivity contribution in [3.8, 4) is 0 Å². The molecule has 0 aliphatic heterocycles. The molecule has 116 valence electrons. The molecule has 2 rings (SSSR count). The van der Waals surface area contributed by atoms with E-state index in [1.807, 2.05) is 6.92 Å². The zero-order valence-electron chi connectivity index (χ0n) is 12.7. The second kappa shape index (κ2) is 8.09. The Bertz CT molecular complexity index is 859. The average molecular weight is 426 g/mol. The van der Waals surface area contributed by atoms with Gasteiger partial charge in [0.15, 0.2) is 0 Å². The van der Waals surface area contributed by atoms with Crippen molar-refractivity contribution < 1.29 is 42.8 Å². The zero-order valence-corrected chi connectivity index (χ0v) is 17.8. The molecule has 0 bridgehead atoms. The van der Waals surface area contributed by atoms with Crippen LogP contribution in [-0.4, -0.2) is 19.3 Å². The first-order chi connectivity index (χ1) is 10.2. The van der Waals surface area contributed by atoms with Crippen LogP contribution in [0.3, 0.4) is 0 Å². The van der Waals surface area contributed by atoms with Crippen molar-refractivity contribution in [2.75, 3.05) is 0 Å². The summed E-state index contributed by atoms with van der Waals surface area (Å²) in [4.78, 5) is 15.6. The van der Waals surface area contributed by atoms with Crippen LogP contribution in [-0.2, 0) is 10.0 Å². The van der Waals surface area contributed by atoms with Crippen molar-refractivity contribution in [2.45, 2.75) is 18.7 Å². The molecule has 0 aliphatic carbocycles. The number of benzene rings is 1. The van der Waals surface area contributed by atoms with E-state index >= 15 is 0 Å². The van der Waals surface area contributed by atoms with Crippen LogP contribution in [0.15, 0.2) is 39.8 Å². The van der Waals surface area contributed by atoms with Crippen LogP contribution in [0.1, 0.15) is 21.5 Å². The maximum atomic E-state index is 12.2. The molecule has 23 heavy (non-hydrogen) atoms. The largest absolute Gasteiger partial charge is 1.00 e. The van der Waals surface area contributed by atoms with E-state index in [2.05, 4.69) is 25.6 Å². The summed E-state index contributed by atoms with van der Waals surface area (Å²) in [5.74, 6) is -0.816. The summed E-state index contributed by atoms with van der Waals surface area (Å²) in [5, 5.41) is 0.125. The number of aryl methyl sites for hydroxylation is 2. The number of pyridine rings is 1. The molecule has 9 heteroatoms. The molecule has 1 aromatic carbocycles. The third kappa shape index (κ3) is 5.01. The van der Waals surface area contributed by atoms with Gasteiger partial charge in [0.2, 0.25) is 0 Å². The predicted molar refractivity (Wildman–Crippen MR) is 87.7 cm³/mol. The topological polar surface area (TPSA) is 78.2 Å². The van der Waals surface area contributed by atoms with Gasteiger partial charge in [0.1, 0.15) is 15.2 Å². The molecule has 0 radical (unpaired) electrons. The number of aromatic nitrogens is 1. The van der Waals surface area contributed by atoms with Crippen LogP contribution in [0.5, 0.6) is 0 Å². The Morgan fingerprint density at radius 3 is 2.48 bits per heavy atom. The summed E-state index contributed by atoms with van der Waals surface area (Å²) >= 11 is 8.80. The molecule has 0 aliphatic rings. The molecule has 0 saturated heterocycles. The Balaban J connectivity index is 0.00000264. The molecule has 2 aromatic rings. The van der Waals surface area contributed by atoms with Crippen molar-refractivity contribution in [1.82, 2.24) is 4.98 Å². The van der Waals surface area contributed by atoms with E-state index in [0.717, 1.165) is 11.8 Å². The average Bonchev–Trinajstić information content (AvgIpc) is 2.40. The van der Waals surface area contributed by atoms with Gasteiger partial charge in [-0.15, -0.1) is 0 Å². The van der Waals surface area contributed by atoms with Crippen molar-refractivity contribution in [1.29, 1.82) is 0 Å². The number of carbonyl (C=O) groups excluding carboxylic acids is 1. The number of halogens is 2. The number of sulfonamides is 1. The van der Waals surface area contributed by atoms with Gasteiger partial charge in [0, 0.05) is 11.8 Å². The Kier molecular flexibility index (Phi) is 7.25. The summed E-state index contributed by atoms with van der Waals surface area (Å²) < 4.78 is 28.0. The molecule has 1 amide bonds. The molecular formula is C14H11BrClN2NaO3S. The van der Waals surface area contributed by atoms with E-state index in [0.29, 0.717) is 10.0 Å². The van der Waals surface area contributed by atoms with Crippen LogP contribution < -0.4 is 29.6 Å². The van der Waals surface area contributed by atoms with Crippen molar-refractivity contribution in [2.24, 2.45) is 0 Å². The first kappa shape index (κ1) is 20.6. The number of hydrogen-bond acceptors (Lipinski definition) is 4. The van der Waals surface area contributed by atoms with E-state index in [4.69, 9.17) is 11.6 Å². The van der Waals surface area contributed by atoms with Gasteiger partial charge in [-0.25, -0.2) is 13.4 Å². The SMILES string of the molecule is Cc1ccc(C(=O)[N-]S(=O)(=O)c2cnc(Cl)c(Br)c2)c(C)c1.[Na+]. The van der Waals surface area contributed by atoms with E-state index < -0.39 is 15.9 Å². The fourth-order valence-corrected chi connectivity index (χ4v) is 3.29. The molecule has 1 heterocycles. The predicted octanol–water partition coefficient (Wildman–Crippen LogP) is 1.02. The Labute approximate surface area is 170 Å². The minimum atomic E-state index is -4.15. The summed E-state index contributed by atoms with van der Waals surface area (Å²) in [6.07, 6.45) is 1.06. The summed E-state index contributed by atoms with van der Waals surface area (Å²) in [6, 6.07) is 6.32. The standard InChI is InChI=1S/C14H12BrClN2O3S.Na/c1-8-3-4-11(9(2)5-8)14(19)18-22(20,21)10-6-12(15)13(16)17-7-10;/h3-7H,1-2H3,(H,18,19);/q;+1/p-1. The van der Waals surface area contributed by atoms with E-state index in [9.17, 15) is 13.2 Å². The Morgan fingerprint density at radius 1 is 1.26 bits per heavy atom. The molecule has 1 aromatic heterocycles. The number of rotatable bonds is 3. The maximum Gasteiger partial charge on any atom is 1.00 e. The molecule has 0 fully saturated rings. The van der Waals surface area contributed by atoms with Crippen molar-refractivity contribution in [3.63, 3.8) is 0 Å². The molecular weight excluding hydrogens is 415 g/mol. The van der Waals surface area contributed by atoms with Crippen LogP contribution in [0.25, 0.3) is 4.72 Å². The molecule has 0 saturated carbocycles. The van der Waals surface area contributed by atoms with Gasteiger partial charge in [-0.3, -0.25) is 0 Å². The second-order valence-corrected chi connectivity index (χ2v) is 7.45. The number of hydrogen-bond donors (Lipinski definition) is 0. The smallest absolute Gasteiger partial charge is 0.537 e. The fourth-order valence-electron chi connectivity index (χ4n) is 1.81. The van der Waals surface area contributed by atoms with E-state index in [-0.39, 0.29) is 45.2 Å². The second-order valence-electron chi connectivity index (χ2n) is 4.63. The van der Waals surface area contributed by atoms with Gasteiger partial charge in [0.25, 0.3) is 0 Å².